The highest BCUT2D eigenvalue weighted by Crippen LogP contribution is 2.47. The van der Waals surface area contributed by atoms with E-state index in [2.05, 4.69) is 6.07 Å². The number of fused-ring (bicyclic) bond motifs is 3. The van der Waals surface area contributed by atoms with Gasteiger partial charge in [0.2, 0.25) is 5.88 Å². The Hall–Kier alpha value is -2.74. The molecule has 2 N–H and O–H groups in total. The van der Waals surface area contributed by atoms with Crippen molar-refractivity contribution in [2.45, 2.75) is 38.0 Å². The second kappa shape index (κ2) is 5.72. The lowest BCUT2D eigenvalue weighted by molar-refractivity contribution is 0.294. The summed E-state index contributed by atoms with van der Waals surface area (Å²) in [5.74, 6) is 0.448. The molecule has 1 unspecified atom stereocenters. The first kappa shape index (κ1) is 14.8. The Morgan fingerprint density at radius 1 is 1.17 bits per heavy atom. The predicted molar refractivity (Wildman–Crippen MR) is 89.3 cm³/mol. The van der Waals surface area contributed by atoms with Crippen molar-refractivity contribution in [3.8, 4) is 11.8 Å². The number of para-hydroxylation sites is 1. The van der Waals surface area contributed by atoms with Gasteiger partial charge in [0.1, 0.15) is 11.7 Å². The number of rotatable bonds is 1. The summed E-state index contributed by atoms with van der Waals surface area (Å²) >= 11 is 0. The van der Waals surface area contributed by atoms with Crippen LogP contribution in [0.5, 0.6) is 5.75 Å². The maximum absolute atomic E-state index is 12.7. The van der Waals surface area contributed by atoms with Gasteiger partial charge < -0.3 is 14.9 Å². The van der Waals surface area contributed by atoms with Gasteiger partial charge in [0.25, 0.3) is 0 Å². The molecule has 1 aromatic carbocycles. The van der Waals surface area contributed by atoms with Crippen molar-refractivity contribution in [1.82, 2.24) is 0 Å². The van der Waals surface area contributed by atoms with Gasteiger partial charge in [0, 0.05) is 5.92 Å². The molecular weight excluding hydrogens is 304 g/mol. The molecule has 5 nitrogen and oxygen atoms in total. The lowest BCUT2D eigenvalue weighted by Gasteiger charge is -2.33. The molecule has 2 heterocycles. The molecule has 1 atom stereocenters. The Kier molecular flexibility index (Phi) is 3.53. The number of allylic oxidation sites excluding steroid dienone is 1. The molecule has 0 saturated heterocycles. The molecule has 1 aliphatic heterocycles. The maximum atomic E-state index is 12.7. The standard InChI is InChI=1S/C19H18N2O3/c20-10-13-15(11-6-2-1-3-7-11)16-17(24-18(13)21)12-8-4-5-9-14(12)23-19(16)22/h4-5,8-9,11,15H,1-3,6-7,21H2. The van der Waals surface area contributed by atoms with Crippen LogP contribution in [0, 0.1) is 17.2 Å². The van der Waals surface area contributed by atoms with Gasteiger partial charge in [-0.15, -0.1) is 0 Å². The Morgan fingerprint density at radius 3 is 2.67 bits per heavy atom. The molecule has 24 heavy (non-hydrogen) atoms. The van der Waals surface area contributed by atoms with Crippen molar-refractivity contribution >= 4 is 11.0 Å². The SMILES string of the molecule is N#CC1=C(N)Oc2c(c(=O)oc3ccccc23)C1C1CCCCC1. The zero-order chi connectivity index (χ0) is 16.7. The van der Waals surface area contributed by atoms with Gasteiger partial charge in [-0.25, -0.2) is 4.79 Å². The number of nitriles is 1. The molecule has 2 aromatic rings. The fraction of sp³-hybridized carbons (Fsp3) is 0.368. The van der Waals surface area contributed by atoms with E-state index in [4.69, 9.17) is 14.9 Å². The van der Waals surface area contributed by atoms with Crippen LogP contribution in [0.4, 0.5) is 0 Å². The molecule has 122 valence electrons. The third-order valence-electron chi connectivity index (χ3n) is 5.14. The van der Waals surface area contributed by atoms with Crippen molar-refractivity contribution in [3.63, 3.8) is 0 Å². The van der Waals surface area contributed by atoms with Gasteiger partial charge in [0.15, 0.2) is 5.75 Å². The molecule has 1 aliphatic carbocycles. The molecule has 2 aliphatic rings. The summed E-state index contributed by atoms with van der Waals surface area (Å²) < 4.78 is 11.2. The first-order valence-corrected chi connectivity index (χ1v) is 8.34. The van der Waals surface area contributed by atoms with Crippen molar-refractivity contribution in [2.24, 2.45) is 11.7 Å². The van der Waals surface area contributed by atoms with E-state index in [1.165, 1.54) is 6.42 Å². The largest absolute Gasteiger partial charge is 0.439 e. The van der Waals surface area contributed by atoms with Crippen LogP contribution in [0.2, 0.25) is 0 Å². The zero-order valence-electron chi connectivity index (χ0n) is 13.2. The Morgan fingerprint density at radius 2 is 1.92 bits per heavy atom. The number of ether oxygens (including phenoxy) is 1. The molecule has 1 aromatic heterocycles. The summed E-state index contributed by atoms with van der Waals surface area (Å²) in [7, 11) is 0. The van der Waals surface area contributed by atoms with Crippen molar-refractivity contribution in [2.75, 3.05) is 0 Å². The monoisotopic (exact) mass is 322 g/mol. The van der Waals surface area contributed by atoms with E-state index in [0.717, 1.165) is 25.7 Å². The van der Waals surface area contributed by atoms with E-state index in [0.29, 0.717) is 27.9 Å². The fourth-order valence-electron chi connectivity index (χ4n) is 4.04. The van der Waals surface area contributed by atoms with Gasteiger partial charge in [0.05, 0.1) is 16.5 Å². The quantitative estimate of drug-likeness (QED) is 0.811. The molecule has 0 bridgehead atoms. The smallest absolute Gasteiger partial charge is 0.343 e. The van der Waals surface area contributed by atoms with Crippen LogP contribution >= 0.6 is 0 Å². The Balaban J connectivity index is 1.98. The van der Waals surface area contributed by atoms with Crippen LogP contribution in [-0.4, -0.2) is 0 Å². The van der Waals surface area contributed by atoms with Crippen LogP contribution < -0.4 is 16.1 Å². The first-order chi connectivity index (χ1) is 11.7. The summed E-state index contributed by atoms with van der Waals surface area (Å²) in [6.45, 7) is 0. The molecular formula is C19H18N2O3. The van der Waals surface area contributed by atoms with Crippen LogP contribution in [-0.2, 0) is 0 Å². The Labute approximate surface area is 139 Å². The van der Waals surface area contributed by atoms with Crippen molar-refractivity contribution in [1.29, 1.82) is 5.26 Å². The third-order valence-corrected chi connectivity index (χ3v) is 5.14. The summed E-state index contributed by atoms with van der Waals surface area (Å²) in [4.78, 5) is 12.7. The van der Waals surface area contributed by atoms with Gasteiger partial charge in [-0.05, 0) is 30.9 Å². The van der Waals surface area contributed by atoms with E-state index in [9.17, 15) is 10.1 Å². The molecule has 1 fully saturated rings. The van der Waals surface area contributed by atoms with E-state index in [-0.39, 0.29) is 17.7 Å². The number of hydrogen-bond donors (Lipinski definition) is 1. The van der Waals surface area contributed by atoms with Crippen molar-refractivity contribution in [3.05, 3.63) is 51.7 Å². The summed E-state index contributed by atoms with van der Waals surface area (Å²) in [5.41, 5.74) is 6.89. The highest BCUT2D eigenvalue weighted by molar-refractivity contribution is 5.85. The average Bonchev–Trinajstić information content (AvgIpc) is 2.61. The number of nitrogens with zero attached hydrogens (tertiary/aromatic N) is 1. The fourth-order valence-corrected chi connectivity index (χ4v) is 4.04. The molecule has 5 heteroatoms. The second-order valence-corrected chi connectivity index (χ2v) is 6.50. The topological polar surface area (TPSA) is 89.3 Å². The first-order valence-electron chi connectivity index (χ1n) is 8.34. The van der Waals surface area contributed by atoms with Crippen LogP contribution in [0.3, 0.4) is 0 Å². The second-order valence-electron chi connectivity index (χ2n) is 6.50. The average molecular weight is 322 g/mol. The summed E-state index contributed by atoms with van der Waals surface area (Å²) in [5, 5.41) is 10.3. The van der Waals surface area contributed by atoms with Gasteiger partial charge in [-0.2, -0.15) is 5.26 Å². The molecule has 4 rings (SSSR count). The van der Waals surface area contributed by atoms with Gasteiger partial charge in [-0.3, -0.25) is 0 Å². The van der Waals surface area contributed by atoms with Gasteiger partial charge >= 0.3 is 5.63 Å². The normalized spacial score (nSPS) is 21.2. The number of benzene rings is 1. The lowest BCUT2D eigenvalue weighted by atomic mass is 9.73. The minimum Gasteiger partial charge on any atom is -0.439 e. The van der Waals surface area contributed by atoms with E-state index >= 15 is 0 Å². The highest BCUT2D eigenvalue weighted by atomic mass is 16.5. The van der Waals surface area contributed by atoms with E-state index in [1.807, 2.05) is 12.1 Å². The lowest BCUT2D eigenvalue weighted by Crippen LogP contribution is -2.30. The number of nitrogens with two attached hydrogens (primary N) is 1. The van der Waals surface area contributed by atoms with Crippen LogP contribution in [0.1, 0.15) is 43.6 Å². The van der Waals surface area contributed by atoms with Crippen LogP contribution in [0.25, 0.3) is 11.0 Å². The minimum atomic E-state index is -0.431. The maximum Gasteiger partial charge on any atom is 0.343 e. The van der Waals surface area contributed by atoms with E-state index < -0.39 is 5.63 Å². The molecule has 0 radical (unpaired) electrons. The molecule has 0 amide bonds. The van der Waals surface area contributed by atoms with Crippen LogP contribution in [0.15, 0.2) is 44.9 Å². The minimum absolute atomic E-state index is 0.108. The van der Waals surface area contributed by atoms with Gasteiger partial charge in [-0.1, -0.05) is 31.4 Å². The van der Waals surface area contributed by atoms with Crippen molar-refractivity contribution < 1.29 is 9.15 Å². The summed E-state index contributed by atoms with van der Waals surface area (Å²) in [6, 6.07) is 9.41. The Bertz CT molecular complexity index is 930. The predicted octanol–water partition coefficient (Wildman–Crippen LogP) is 3.54. The highest BCUT2D eigenvalue weighted by Gasteiger charge is 2.39. The molecule has 0 spiro atoms. The molecule has 1 saturated carbocycles. The summed E-state index contributed by atoms with van der Waals surface area (Å²) in [6.07, 6.45) is 5.37. The third kappa shape index (κ3) is 2.18. The van der Waals surface area contributed by atoms with E-state index in [1.54, 1.807) is 12.1 Å². The number of hydrogen-bond acceptors (Lipinski definition) is 5. The zero-order valence-corrected chi connectivity index (χ0v) is 13.2.